The average molecular weight is 552 g/mol. The Hall–Kier alpha value is -3.32. The van der Waals surface area contributed by atoms with Gasteiger partial charge in [0.2, 0.25) is 5.95 Å². The summed E-state index contributed by atoms with van der Waals surface area (Å²) in [5, 5.41) is 25.0. The van der Waals surface area contributed by atoms with Gasteiger partial charge in [-0.1, -0.05) is 26.8 Å². The molecule has 1 aliphatic rings. The summed E-state index contributed by atoms with van der Waals surface area (Å²) in [7, 11) is 0. The number of fused-ring (bicyclic) bond motifs is 2. The van der Waals surface area contributed by atoms with Gasteiger partial charge in [-0.3, -0.25) is 9.47 Å². The number of hydrogen-bond donors (Lipinski definition) is 5. The summed E-state index contributed by atoms with van der Waals surface area (Å²) in [4.78, 5) is 22.8. The van der Waals surface area contributed by atoms with Crippen molar-refractivity contribution in [3.05, 3.63) is 36.4 Å². The van der Waals surface area contributed by atoms with Crippen LogP contribution in [0.1, 0.15) is 59.3 Å². The van der Waals surface area contributed by atoms with Gasteiger partial charge in [0.05, 0.1) is 17.4 Å². The monoisotopic (exact) mass is 551 g/mol. The zero-order valence-corrected chi connectivity index (χ0v) is 23.9. The molecule has 1 aliphatic heterocycles. The number of H-pyrrole nitrogens is 1. The number of nitrogens with two attached hydrogens (primary N) is 1. The molecule has 4 atom stereocenters. The number of unbranched alkanes of at least 4 members (excludes halogenated alkanes) is 1. The number of rotatable bonds is 10. The number of anilines is 2. The van der Waals surface area contributed by atoms with Crippen molar-refractivity contribution in [3.63, 3.8) is 0 Å². The third-order valence-electron chi connectivity index (χ3n) is 7.66. The van der Waals surface area contributed by atoms with Crippen molar-refractivity contribution in [2.24, 2.45) is 0 Å². The van der Waals surface area contributed by atoms with Crippen LogP contribution in [-0.4, -0.2) is 88.6 Å². The first-order valence-electron chi connectivity index (χ1n) is 14.0. The van der Waals surface area contributed by atoms with E-state index in [4.69, 9.17) is 10.5 Å². The predicted octanol–water partition coefficient (Wildman–Crippen LogP) is 2.80. The lowest BCUT2D eigenvalue weighted by molar-refractivity contribution is -0.0468. The molecule has 4 heterocycles. The maximum Gasteiger partial charge on any atom is 0.201 e. The number of nitrogens with zero attached hydrogens (tertiary/aromatic N) is 6. The molecule has 3 aromatic heterocycles. The van der Waals surface area contributed by atoms with Crippen LogP contribution in [0.25, 0.3) is 22.2 Å². The molecule has 6 N–H and O–H groups in total. The molecule has 40 heavy (non-hydrogen) atoms. The molecule has 0 aliphatic carbocycles. The smallest absolute Gasteiger partial charge is 0.201 e. The van der Waals surface area contributed by atoms with Gasteiger partial charge in [-0.25, -0.2) is 19.9 Å². The van der Waals surface area contributed by atoms with Crippen molar-refractivity contribution in [1.82, 2.24) is 34.4 Å². The standard InChI is InChI=1S/C28H41N9O3/c1-16(2)36(11-7-6-10-30-27-34-18-9-8-17(28(3,4)5)12-19(18)35-27)13-20-22(38)23(39)26(40-20)37-15-33-21-24(29)31-14-32-25(21)37/h8-9,12,14-16,20,22-23,26,38-39H,6-7,10-11,13H2,1-5H3,(H2,29,31,32)(H2,30,34,35). The lowest BCUT2D eigenvalue weighted by Gasteiger charge is -2.30. The van der Waals surface area contributed by atoms with Gasteiger partial charge in [-0.05, 0) is 56.3 Å². The van der Waals surface area contributed by atoms with Gasteiger partial charge in [-0.2, -0.15) is 0 Å². The maximum absolute atomic E-state index is 10.8. The summed E-state index contributed by atoms with van der Waals surface area (Å²) < 4.78 is 7.76. The maximum atomic E-state index is 10.8. The molecule has 0 radical (unpaired) electrons. The number of nitrogens with one attached hydrogen (secondary N) is 2. The molecule has 4 unspecified atom stereocenters. The van der Waals surface area contributed by atoms with Crippen LogP contribution in [-0.2, 0) is 10.2 Å². The second kappa shape index (κ2) is 11.3. The van der Waals surface area contributed by atoms with Crippen molar-refractivity contribution in [3.8, 4) is 0 Å². The first-order chi connectivity index (χ1) is 19.0. The van der Waals surface area contributed by atoms with E-state index in [-0.39, 0.29) is 17.3 Å². The molecular weight excluding hydrogens is 510 g/mol. The minimum atomic E-state index is -1.12. The van der Waals surface area contributed by atoms with Crippen molar-refractivity contribution in [2.75, 3.05) is 30.7 Å². The van der Waals surface area contributed by atoms with E-state index in [2.05, 4.69) is 88.0 Å². The molecule has 4 aromatic rings. The highest BCUT2D eigenvalue weighted by Gasteiger charge is 2.45. The van der Waals surface area contributed by atoms with E-state index in [0.717, 1.165) is 42.9 Å². The van der Waals surface area contributed by atoms with E-state index in [1.807, 2.05) is 0 Å². The predicted molar refractivity (Wildman–Crippen MR) is 155 cm³/mol. The molecule has 5 rings (SSSR count). The summed E-state index contributed by atoms with van der Waals surface area (Å²) in [6, 6.07) is 6.63. The van der Waals surface area contributed by atoms with Gasteiger partial charge in [0.25, 0.3) is 0 Å². The van der Waals surface area contributed by atoms with E-state index < -0.39 is 24.5 Å². The van der Waals surface area contributed by atoms with Crippen molar-refractivity contribution < 1.29 is 14.9 Å². The summed E-state index contributed by atoms with van der Waals surface area (Å²) in [5.74, 6) is 1.03. The molecule has 12 heteroatoms. The van der Waals surface area contributed by atoms with Crippen molar-refractivity contribution in [2.45, 2.75) is 83.5 Å². The van der Waals surface area contributed by atoms with Crippen LogP contribution in [0.4, 0.5) is 11.8 Å². The Labute approximate surface area is 234 Å². The Morgan fingerprint density at radius 3 is 2.70 bits per heavy atom. The number of aliphatic hydroxyl groups excluding tert-OH is 2. The van der Waals surface area contributed by atoms with Gasteiger partial charge >= 0.3 is 0 Å². The van der Waals surface area contributed by atoms with Crippen LogP contribution in [0.15, 0.2) is 30.9 Å². The highest BCUT2D eigenvalue weighted by atomic mass is 16.6. The number of aromatic amines is 1. The van der Waals surface area contributed by atoms with Crippen molar-refractivity contribution >= 4 is 34.0 Å². The Kier molecular flexibility index (Phi) is 7.96. The fourth-order valence-corrected chi connectivity index (χ4v) is 5.16. The SMILES string of the molecule is CC(C)N(CCCCNc1nc2ccc(C(C)(C)C)cc2[nH]1)CC1OC(n2cnc3c(N)ncnc32)C(O)C1O. The minimum absolute atomic E-state index is 0.0884. The van der Waals surface area contributed by atoms with Crippen molar-refractivity contribution in [1.29, 1.82) is 0 Å². The molecule has 0 spiro atoms. The van der Waals surface area contributed by atoms with E-state index in [0.29, 0.717) is 17.7 Å². The largest absolute Gasteiger partial charge is 0.387 e. The molecule has 1 aromatic carbocycles. The zero-order chi connectivity index (χ0) is 28.6. The fourth-order valence-electron chi connectivity index (χ4n) is 5.16. The number of aliphatic hydroxyl groups is 2. The van der Waals surface area contributed by atoms with E-state index >= 15 is 0 Å². The summed E-state index contributed by atoms with van der Waals surface area (Å²) >= 11 is 0. The van der Waals surface area contributed by atoms with E-state index in [1.165, 1.54) is 18.2 Å². The van der Waals surface area contributed by atoms with Gasteiger partial charge < -0.3 is 31.0 Å². The summed E-state index contributed by atoms with van der Waals surface area (Å²) in [6.07, 6.45) is 1.21. The third-order valence-corrected chi connectivity index (χ3v) is 7.66. The number of imidazole rings is 2. The van der Waals surface area contributed by atoms with Gasteiger partial charge in [0.15, 0.2) is 17.7 Å². The molecule has 12 nitrogen and oxygen atoms in total. The Morgan fingerprint density at radius 1 is 1.15 bits per heavy atom. The highest BCUT2D eigenvalue weighted by Crippen LogP contribution is 2.32. The van der Waals surface area contributed by atoms with Crippen LogP contribution < -0.4 is 11.1 Å². The Balaban J connectivity index is 1.14. The lowest BCUT2D eigenvalue weighted by Crippen LogP contribution is -2.43. The minimum Gasteiger partial charge on any atom is -0.387 e. The number of ether oxygens (including phenoxy) is 1. The number of hydrogen-bond acceptors (Lipinski definition) is 10. The van der Waals surface area contributed by atoms with E-state index in [1.54, 1.807) is 4.57 Å². The quantitative estimate of drug-likeness (QED) is 0.185. The van der Waals surface area contributed by atoms with E-state index in [9.17, 15) is 10.2 Å². The first kappa shape index (κ1) is 28.2. The normalized spacial score (nSPS) is 21.8. The molecule has 216 valence electrons. The summed E-state index contributed by atoms with van der Waals surface area (Å²) in [5.41, 5.74) is 10.1. The second-order valence-electron chi connectivity index (χ2n) is 11.9. The summed E-state index contributed by atoms with van der Waals surface area (Å²) in [6.45, 7) is 13.0. The van der Waals surface area contributed by atoms with Crippen LogP contribution >= 0.6 is 0 Å². The molecule has 0 amide bonds. The topological polar surface area (TPSA) is 163 Å². The number of benzene rings is 1. The highest BCUT2D eigenvalue weighted by molar-refractivity contribution is 5.81. The number of nitrogen functional groups attached to an aromatic ring is 1. The second-order valence-corrected chi connectivity index (χ2v) is 11.9. The molecule has 0 saturated carbocycles. The Morgan fingerprint density at radius 2 is 1.95 bits per heavy atom. The molecule has 1 fully saturated rings. The van der Waals surface area contributed by atoms with Gasteiger partial charge in [0.1, 0.15) is 30.2 Å². The Bertz CT molecular complexity index is 1440. The zero-order valence-electron chi connectivity index (χ0n) is 23.9. The molecular formula is C28H41N9O3. The average Bonchev–Trinajstić information content (AvgIpc) is 3.59. The molecule has 1 saturated heterocycles. The van der Waals surface area contributed by atoms with Crippen LogP contribution in [0, 0.1) is 0 Å². The third kappa shape index (κ3) is 5.75. The van der Waals surface area contributed by atoms with Crippen LogP contribution in [0.2, 0.25) is 0 Å². The molecule has 0 bridgehead atoms. The number of aromatic nitrogens is 6. The van der Waals surface area contributed by atoms with Crippen LogP contribution in [0.3, 0.4) is 0 Å². The van der Waals surface area contributed by atoms with Gasteiger partial charge in [0, 0.05) is 19.1 Å². The van der Waals surface area contributed by atoms with Gasteiger partial charge in [-0.15, -0.1) is 0 Å². The van der Waals surface area contributed by atoms with Crippen LogP contribution in [0.5, 0.6) is 0 Å². The fraction of sp³-hybridized carbons (Fsp3) is 0.571. The first-order valence-corrected chi connectivity index (χ1v) is 14.0. The lowest BCUT2D eigenvalue weighted by atomic mass is 9.87.